The van der Waals surface area contributed by atoms with Gasteiger partial charge in [0, 0.05) is 24.2 Å². The van der Waals surface area contributed by atoms with Crippen molar-refractivity contribution in [1.82, 2.24) is 19.7 Å². The van der Waals surface area contributed by atoms with Gasteiger partial charge in [0.2, 0.25) is 0 Å². The normalized spacial score (nSPS) is 11.9. The number of carbonyl (C=O) groups excluding carboxylic acids is 1. The first-order valence-electron chi connectivity index (χ1n) is 12.8. The molecule has 1 amide bonds. The molecular formula is C32H24N4O3S. The highest BCUT2D eigenvalue weighted by molar-refractivity contribution is 7.13. The molecule has 0 fully saturated rings. The maximum Gasteiger partial charge on any atom is 0.335 e. The van der Waals surface area contributed by atoms with E-state index < -0.39 is 5.97 Å². The molecule has 0 spiro atoms. The second-order valence-corrected chi connectivity index (χ2v) is 10.4. The molecule has 0 aliphatic rings. The van der Waals surface area contributed by atoms with Gasteiger partial charge >= 0.3 is 5.97 Å². The summed E-state index contributed by atoms with van der Waals surface area (Å²) in [6, 6.07) is 26.2. The van der Waals surface area contributed by atoms with E-state index in [0.29, 0.717) is 12.0 Å². The van der Waals surface area contributed by atoms with Crippen LogP contribution in [0.25, 0.3) is 32.2 Å². The molecule has 0 aliphatic heterocycles. The standard InChI is InChI=1S/C32H24N4O3S/c1-19(21-8-10-23(11-9-21)32(38)39)35-31(37)25-17-24(22-5-3-2-4-6-22)18-29-30(25)28(36-40-29)16-20-7-12-26-27(15-20)34-14-13-33-26/h2-15,17-19H,16H2,1H3,(H,35,37)(H,38,39)/t19-/m0/s1. The van der Waals surface area contributed by atoms with Crippen LogP contribution in [0.1, 0.15) is 50.5 Å². The molecule has 7 nitrogen and oxygen atoms in total. The first kappa shape index (κ1) is 25.3. The Labute approximate surface area is 234 Å². The molecule has 40 heavy (non-hydrogen) atoms. The summed E-state index contributed by atoms with van der Waals surface area (Å²) in [7, 11) is 0. The summed E-state index contributed by atoms with van der Waals surface area (Å²) in [5.74, 6) is -1.21. The van der Waals surface area contributed by atoms with Gasteiger partial charge in [-0.25, -0.2) is 4.79 Å². The van der Waals surface area contributed by atoms with Crippen LogP contribution in [-0.2, 0) is 6.42 Å². The van der Waals surface area contributed by atoms with Crippen molar-refractivity contribution in [3.05, 3.63) is 125 Å². The third kappa shape index (κ3) is 5.04. The van der Waals surface area contributed by atoms with E-state index in [2.05, 4.69) is 21.4 Å². The largest absolute Gasteiger partial charge is 0.478 e. The van der Waals surface area contributed by atoms with Crippen LogP contribution < -0.4 is 5.32 Å². The highest BCUT2D eigenvalue weighted by Crippen LogP contribution is 2.34. The Morgan fingerprint density at radius 3 is 2.38 bits per heavy atom. The first-order valence-corrected chi connectivity index (χ1v) is 13.5. The number of rotatable bonds is 7. The zero-order chi connectivity index (χ0) is 27.6. The van der Waals surface area contributed by atoms with Crippen molar-refractivity contribution < 1.29 is 14.7 Å². The van der Waals surface area contributed by atoms with Gasteiger partial charge in [-0.3, -0.25) is 14.8 Å². The van der Waals surface area contributed by atoms with Gasteiger partial charge in [-0.1, -0.05) is 48.5 Å². The zero-order valence-corrected chi connectivity index (χ0v) is 22.4. The number of amides is 1. The van der Waals surface area contributed by atoms with Gasteiger partial charge in [-0.2, -0.15) is 4.37 Å². The van der Waals surface area contributed by atoms with Crippen molar-refractivity contribution in [1.29, 1.82) is 0 Å². The number of carboxylic acid groups (broad SMARTS) is 1. The minimum atomic E-state index is -0.987. The van der Waals surface area contributed by atoms with E-state index in [1.807, 2.05) is 61.5 Å². The fourth-order valence-electron chi connectivity index (χ4n) is 4.82. The highest BCUT2D eigenvalue weighted by Gasteiger charge is 2.21. The van der Waals surface area contributed by atoms with Crippen molar-refractivity contribution in [3.63, 3.8) is 0 Å². The highest BCUT2D eigenvalue weighted by atomic mass is 32.1. The number of aromatic nitrogens is 3. The summed E-state index contributed by atoms with van der Waals surface area (Å²) in [4.78, 5) is 33.8. The molecule has 1 atom stereocenters. The number of hydrogen-bond acceptors (Lipinski definition) is 6. The van der Waals surface area contributed by atoms with Gasteiger partial charge in [0.25, 0.3) is 5.91 Å². The van der Waals surface area contributed by atoms with Crippen molar-refractivity contribution in [2.45, 2.75) is 19.4 Å². The van der Waals surface area contributed by atoms with Crippen LogP contribution in [0.2, 0.25) is 0 Å². The van der Waals surface area contributed by atoms with E-state index in [4.69, 9.17) is 4.37 Å². The van der Waals surface area contributed by atoms with Crippen LogP contribution in [-0.4, -0.2) is 31.3 Å². The Hall–Kier alpha value is -4.95. The number of nitrogens with one attached hydrogen (secondary N) is 1. The molecule has 6 aromatic rings. The van der Waals surface area contributed by atoms with Crippen molar-refractivity contribution in [3.8, 4) is 11.1 Å². The number of aromatic carboxylic acids is 1. The fourth-order valence-corrected chi connectivity index (χ4v) is 5.68. The van der Waals surface area contributed by atoms with E-state index in [1.165, 1.54) is 11.5 Å². The van der Waals surface area contributed by atoms with E-state index in [0.717, 1.165) is 49.1 Å². The van der Waals surface area contributed by atoms with Gasteiger partial charge < -0.3 is 10.4 Å². The predicted molar refractivity (Wildman–Crippen MR) is 157 cm³/mol. The van der Waals surface area contributed by atoms with E-state index in [1.54, 1.807) is 36.7 Å². The molecule has 0 saturated heterocycles. The van der Waals surface area contributed by atoms with Crippen LogP contribution in [0.4, 0.5) is 0 Å². The number of benzene rings is 4. The van der Waals surface area contributed by atoms with E-state index in [-0.39, 0.29) is 17.5 Å². The SMILES string of the molecule is C[C@H](NC(=O)c1cc(-c2ccccc2)cc2snc(Cc3ccc4nccnc4c3)c12)c1ccc(C(=O)O)cc1. The lowest BCUT2D eigenvalue weighted by Crippen LogP contribution is -2.27. The molecule has 8 heteroatoms. The smallest absolute Gasteiger partial charge is 0.335 e. The number of carboxylic acids is 1. The quantitative estimate of drug-likeness (QED) is 0.232. The lowest BCUT2D eigenvalue weighted by molar-refractivity contribution is 0.0696. The van der Waals surface area contributed by atoms with E-state index in [9.17, 15) is 14.7 Å². The summed E-state index contributed by atoms with van der Waals surface area (Å²) in [6.45, 7) is 1.88. The monoisotopic (exact) mass is 544 g/mol. The lowest BCUT2D eigenvalue weighted by Gasteiger charge is -2.16. The van der Waals surface area contributed by atoms with Crippen LogP contribution in [0.5, 0.6) is 0 Å². The number of carbonyl (C=O) groups is 2. The molecule has 0 saturated carbocycles. The van der Waals surface area contributed by atoms with Crippen molar-refractivity contribution in [2.75, 3.05) is 0 Å². The molecule has 2 N–H and O–H groups in total. The molecule has 0 aliphatic carbocycles. The van der Waals surface area contributed by atoms with Gasteiger partial charge in [0.1, 0.15) is 0 Å². The van der Waals surface area contributed by atoms with Crippen LogP contribution in [0.3, 0.4) is 0 Å². The molecule has 6 rings (SSSR count). The first-order chi connectivity index (χ1) is 19.5. The van der Waals surface area contributed by atoms with Gasteiger partial charge in [0.05, 0.1) is 38.6 Å². The van der Waals surface area contributed by atoms with E-state index >= 15 is 0 Å². The lowest BCUT2D eigenvalue weighted by atomic mass is 9.97. The molecule has 2 aromatic heterocycles. The number of fused-ring (bicyclic) bond motifs is 2. The predicted octanol–water partition coefficient (Wildman–Crippen LogP) is 6.69. The second-order valence-electron chi connectivity index (χ2n) is 9.57. The fraction of sp³-hybridized carbons (Fsp3) is 0.0938. The molecule has 0 unspecified atom stereocenters. The third-order valence-electron chi connectivity index (χ3n) is 6.91. The Morgan fingerprint density at radius 2 is 1.62 bits per heavy atom. The molecule has 196 valence electrons. The number of hydrogen-bond donors (Lipinski definition) is 2. The Morgan fingerprint density at radius 1 is 0.875 bits per heavy atom. The zero-order valence-electron chi connectivity index (χ0n) is 21.5. The van der Waals surface area contributed by atoms with Gasteiger partial charge in [0.15, 0.2) is 0 Å². The Kier molecular flexibility index (Phi) is 6.76. The van der Waals surface area contributed by atoms with Crippen LogP contribution >= 0.6 is 11.5 Å². The van der Waals surface area contributed by atoms with Crippen molar-refractivity contribution >= 4 is 44.5 Å². The summed E-state index contributed by atoms with van der Waals surface area (Å²) in [5, 5.41) is 13.1. The summed E-state index contributed by atoms with van der Waals surface area (Å²) >= 11 is 1.38. The Bertz CT molecular complexity index is 1870. The molecule has 0 radical (unpaired) electrons. The van der Waals surface area contributed by atoms with Crippen LogP contribution in [0, 0.1) is 0 Å². The minimum absolute atomic E-state index is 0.202. The van der Waals surface area contributed by atoms with Crippen molar-refractivity contribution in [2.24, 2.45) is 0 Å². The van der Waals surface area contributed by atoms with Gasteiger partial charge in [-0.05, 0) is 77.1 Å². The molecular weight excluding hydrogens is 520 g/mol. The topological polar surface area (TPSA) is 105 Å². The average molecular weight is 545 g/mol. The summed E-state index contributed by atoms with van der Waals surface area (Å²) in [5.41, 5.74) is 7.01. The summed E-state index contributed by atoms with van der Waals surface area (Å²) < 4.78 is 5.71. The van der Waals surface area contributed by atoms with Crippen LogP contribution in [0.15, 0.2) is 97.3 Å². The van der Waals surface area contributed by atoms with Gasteiger partial charge in [-0.15, -0.1) is 0 Å². The maximum atomic E-state index is 13.8. The third-order valence-corrected chi connectivity index (χ3v) is 7.74. The average Bonchev–Trinajstić information content (AvgIpc) is 3.39. The molecule has 0 bridgehead atoms. The maximum absolute atomic E-state index is 13.8. The second kappa shape index (κ2) is 10.7. The summed E-state index contributed by atoms with van der Waals surface area (Å²) in [6.07, 6.45) is 3.89. The minimum Gasteiger partial charge on any atom is -0.478 e. The number of nitrogens with zero attached hydrogens (tertiary/aromatic N) is 3. The molecule has 4 aromatic carbocycles. The Balaban J connectivity index is 1.39. The molecule has 2 heterocycles.